The fourth-order valence-electron chi connectivity index (χ4n) is 8.57. The Kier molecular flexibility index (Phi) is 57.3. The molecule has 72 heavy (non-hydrogen) atoms. The lowest BCUT2D eigenvalue weighted by Gasteiger charge is -2.18. The first-order chi connectivity index (χ1) is 35.5. The Morgan fingerprint density at radius 1 is 0.306 bits per heavy atom. The Bertz CT molecular complexity index is 1380. The number of hydrogen-bond acceptors (Lipinski definition) is 6. The van der Waals surface area contributed by atoms with E-state index in [1.54, 1.807) is 6.08 Å². The van der Waals surface area contributed by atoms with Crippen molar-refractivity contribution in [2.75, 3.05) is 13.2 Å². The number of allylic oxidation sites excluding steroid dienone is 13. The Morgan fingerprint density at radius 3 is 0.958 bits per heavy atom. The third-order valence-corrected chi connectivity index (χ3v) is 13.1. The van der Waals surface area contributed by atoms with Gasteiger partial charge >= 0.3 is 17.9 Å². The zero-order chi connectivity index (χ0) is 52.2. The summed E-state index contributed by atoms with van der Waals surface area (Å²) in [6.07, 6.45) is 79.0. The molecule has 0 heterocycles. The predicted molar refractivity (Wildman–Crippen MR) is 311 cm³/mol. The molecular formula is C66H114O6. The average Bonchev–Trinajstić information content (AvgIpc) is 3.38. The number of ether oxygens (including phenoxy) is 3. The average molecular weight is 1000 g/mol. The molecule has 6 nitrogen and oxygen atoms in total. The van der Waals surface area contributed by atoms with Gasteiger partial charge < -0.3 is 14.2 Å². The van der Waals surface area contributed by atoms with Gasteiger partial charge in [0.15, 0.2) is 6.10 Å². The van der Waals surface area contributed by atoms with Gasteiger partial charge in [0.05, 0.1) is 6.42 Å². The lowest BCUT2D eigenvalue weighted by Crippen LogP contribution is -2.30. The van der Waals surface area contributed by atoms with Crippen LogP contribution >= 0.6 is 0 Å². The van der Waals surface area contributed by atoms with Crippen molar-refractivity contribution < 1.29 is 28.6 Å². The summed E-state index contributed by atoms with van der Waals surface area (Å²) < 4.78 is 16.8. The Morgan fingerprint density at radius 2 is 0.597 bits per heavy atom. The van der Waals surface area contributed by atoms with Crippen molar-refractivity contribution >= 4 is 17.9 Å². The van der Waals surface area contributed by atoms with Crippen molar-refractivity contribution in [3.63, 3.8) is 0 Å². The monoisotopic (exact) mass is 1000 g/mol. The maximum absolute atomic E-state index is 12.9. The van der Waals surface area contributed by atoms with Gasteiger partial charge in [-0.3, -0.25) is 14.4 Å². The normalized spacial score (nSPS) is 12.7. The Labute approximate surface area is 445 Å². The first-order valence-corrected chi connectivity index (χ1v) is 30.6. The molecule has 0 saturated carbocycles. The molecule has 0 amide bonds. The highest BCUT2D eigenvalue weighted by Crippen LogP contribution is 2.16. The van der Waals surface area contributed by atoms with Crippen LogP contribution in [-0.2, 0) is 28.6 Å². The van der Waals surface area contributed by atoms with Gasteiger partial charge in [-0.2, -0.15) is 0 Å². The van der Waals surface area contributed by atoms with E-state index in [2.05, 4.69) is 93.7 Å². The molecular weight excluding hydrogens is 889 g/mol. The SMILES string of the molecule is CC/C=C\C/C=C\C/C=C\C/C=C\C/C=C\CC(=O)OCC(COC(=O)CCCCCCCCCCCCC/C=C\CCCCCCCCCC)OC(=O)CCCCCCC/C=C\CCCCCCCCC. The van der Waals surface area contributed by atoms with Crippen LogP contribution in [0.4, 0.5) is 0 Å². The van der Waals surface area contributed by atoms with E-state index in [1.165, 1.54) is 173 Å². The molecule has 0 bridgehead atoms. The third kappa shape index (κ3) is 57.5. The lowest BCUT2D eigenvalue weighted by atomic mass is 10.0. The maximum atomic E-state index is 12.9. The van der Waals surface area contributed by atoms with Gasteiger partial charge in [0.1, 0.15) is 13.2 Å². The van der Waals surface area contributed by atoms with E-state index in [0.717, 1.165) is 83.5 Å². The fraction of sp³-hybridized carbons (Fsp3) is 0.742. The fourth-order valence-corrected chi connectivity index (χ4v) is 8.57. The van der Waals surface area contributed by atoms with E-state index in [0.29, 0.717) is 12.8 Å². The van der Waals surface area contributed by atoms with Crippen LogP contribution in [-0.4, -0.2) is 37.2 Å². The molecule has 0 saturated heterocycles. The van der Waals surface area contributed by atoms with Crippen molar-refractivity contribution in [2.24, 2.45) is 0 Å². The molecule has 1 atom stereocenters. The highest BCUT2D eigenvalue weighted by Gasteiger charge is 2.19. The van der Waals surface area contributed by atoms with Crippen molar-refractivity contribution in [2.45, 2.75) is 303 Å². The topological polar surface area (TPSA) is 78.9 Å². The van der Waals surface area contributed by atoms with Gasteiger partial charge in [-0.05, 0) is 96.3 Å². The van der Waals surface area contributed by atoms with E-state index >= 15 is 0 Å². The predicted octanol–water partition coefficient (Wildman–Crippen LogP) is 20.7. The second-order valence-corrected chi connectivity index (χ2v) is 20.2. The Balaban J connectivity index is 4.41. The van der Waals surface area contributed by atoms with Gasteiger partial charge in [0, 0.05) is 12.8 Å². The third-order valence-electron chi connectivity index (χ3n) is 13.1. The quantitative estimate of drug-likeness (QED) is 0.0261. The molecule has 0 aliphatic carbocycles. The molecule has 6 heteroatoms. The summed E-state index contributed by atoms with van der Waals surface area (Å²) in [4.78, 5) is 38.2. The zero-order valence-electron chi connectivity index (χ0n) is 47.4. The standard InChI is InChI=1S/C66H114O6/c1-4-7-10-13-16-19-22-25-28-30-31-32-33-34-35-36-39-41-44-47-50-53-56-59-65(68)71-62-63(61-70-64(67)58-55-52-49-46-43-40-37-27-24-21-18-15-12-9-6-3)72-66(69)60-57-54-51-48-45-42-38-29-26-23-20-17-14-11-8-5-2/h9,12,18,21,27,29-31,37-38,43,46,52,55,63H,4-8,10-11,13-17,19-20,22-26,28,32-36,39-42,44-45,47-51,53-54,56-62H2,1-3H3/b12-9-,21-18-,31-30-,37-27-,38-29-,46-43-,55-52-. The lowest BCUT2D eigenvalue weighted by molar-refractivity contribution is -0.166. The van der Waals surface area contributed by atoms with Gasteiger partial charge in [0.2, 0.25) is 0 Å². The van der Waals surface area contributed by atoms with Gasteiger partial charge in [-0.15, -0.1) is 0 Å². The summed E-state index contributed by atoms with van der Waals surface area (Å²) in [5, 5.41) is 0. The molecule has 0 N–H and O–H groups in total. The van der Waals surface area contributed by atoms with E-state index in [1.807, 2.05) is 6.08 Å². The summed E-state index contributed by atoms with van der Waals surface area (Å²) >= 11 is 0. The van der Waals surface area contributed by atoms with Crippen molar-refractivity contribution in [1.29, 1.82) is 0 Å². The largest absolute Gasteiger partial charge is 0.462 e. The molecule has 0 aliphatic rings. The van der Waals surface area contributed by atoms with Crippen LogP contribution in [0.25, 0.3) is 0 Å². The van der Waals surface area contributed by atoms with Crippen LogP contribution in [0, 0.1) is 0 Å². The molecule has 0 aromatic rings. The molecule has 0 aliphatic heterocycles. The summed E-state index contributed by atoms with van der Waals surface area (Å²) in [5.74, 6) is -1.04. The minimum atomic E-state index is -0.821. The highest BCUT2D eigenvalue weighted by molar-refractivity contribution is 5.72. The number of unbranched alkanes of at least 4 members (excludes halogenated alkanes) is 31. The summed E-state index contributed by atoms with van der Waals surface area (Å²) in [6, 6.07) is 0. The number of rotatable bonds is 55. The van der Waals surface area contributed by atoms with Crippen LogP contribution < -0.4 is 0 Å². The first kappa shape index (κ1) is 68.6. The van der Waals surface area contributed by atoms with Crippen LogP contribution in [0.1, 0.15) is 297 Å². The molecule has 0 spiro atoms. The maximum Gasteiger partial charge on any atom is 0.309 e. The highest BCUT2D eigenvalue weighted by atomic mass is 16.6. The summed E-state index contributed by atoms with van der Waals surface area (Å²) in [5.41, 5.74) is 0. The van der Waals surface area contributed by atoms with Crippen molar-refractivity contribution in [3.8, 4) is 0 Å². The van der Waals surface area contributed by atoms with Gasteiger partial charge in [-0.1, -0.05) is 266 Å². The molecule has 0 rings (SSSR count). The summed E-state index contributed by atoms with van der Waals surface area (Å²) in [7, 11) is 0. The summed E-state index contributed by atoms with van der Waals surface area (Å²) in [6.45, 7) is 6.45. The van der Waals surface area contributed by atoms with Gasteiger partial charge in [0.25, 0.3) is 0 Å². The second-order valence-electron chi connectivity index (χ2n) is 20.2. The number of hydrogen-bond donors (Lipinski definition) is 0. The van der Waals surface area contributed by atoms with Crippen LogP contribution in [0.15, 0.2) is 85.1 Å². The minimum absolute atomic E-state index is 0.109. The van der Waals surface area contributed by atoms with Crippen molar-refractivity contribution in [3.05, 3.63) is 85.1 Å². The molecule has 0 aromatic heterocycles. The van der Waals surface area contributed by atoms with Crippen LogP contribution in [0.2, 0.25) is 0 Å². The van der Waals surface area contributed by atoms with E-state index in [-0.39, 0.29) is 31.6 Å². The molecule has 1 unspecified atom stereocenters. The zero-order valence-corrected chi connectivity index (χ0v) is 47.4. The Hall–Kier alpha value is -3.41. The molecule has 0 aromatic carbocycles. The number of carbonyl (C=O) groups is 3. The smallest absolute Gasteiger partial charge is 0.309 e. The minimum Gasteiger partial charge on any atom is -0.462 e. The van der Waals surface area contributed by atoms with E-state index < -0.39 is 12.1 Å². The molecule has 0 fully saturated rings. The first-order valence-electron chi connectivity index (χ1n) is 30.6. The van der Waals surface area contributed by atoms with Crippen molar-refractivity contribution in [1.82, 2.24) is 0 Å². The molecule has 414 valence electrons. The van der Waals surface area contributed by atoms with Gasteiger partial charge in [-0.25, -0.2) is 0 Å². The molecule has 0 radical (unpaired) electrons. The number of esters is 3. The second kappa shape index (κ2) is 60.1. The van der Waals surface area contributed by atoms with E-state index in [9.17, 15) is 14.4 Å². The van der Waals surface area contributed by atoms with Crippen LogP contribution in [0.3, 0.4) is 0 Å². The van der Waals surface area contributed by atoms with E-state index in [4.69, 9.17) is 14.2 Å². The van der Waals surface area contributed by atoms with Crippen LogP contribution in [0.5, 0.6) is 0 Å². The number of carbonyl (C=O) groups excluding carboxylic acids is 3.